The highest BCUT2D eigenvalue weighted by molar-refractivity contribution is 5.84. The zero-order valence-corrected chi connectivity index (χ0v) is 17.9. The van der Waals surface area contributed by atoms with Gasteiger partial charge in [0, 0.05) is 17.5 Å². The predicted octanol–water partition coefficient (Wildman–Crippen LogP) is 4.99. The number of carbonyl (C=O) groups excluding carboxylic acids is 1. The van der Waals surface area contributed by atoms with Gasteiger partial charge in [0.05, 0.1) is 12.1 Å². The molecule has 3 N–H and O–H groups in total. The van der Waals surface area contributed by atoms with E-state index in [9.17, 15) is 9.18 Å². The minimum atomic E-state index is -0.428. The Morgan fingerprint density at radius 3 is 2.48 bits per heavy atom. The molecule has 5 aliphatic carbocycles. The molecule has 0 saturated heterocycles. The molecule has 2 unspecified atom stereocenters. The van der Waals surface area contributed by atoms with Crippen molar-refractivity contribution >= 4 is 5.91 Å². The van der Waals surface area contributed by atoms with Crippen LogP contribution in [0.3, 0.4) is 0 Å². The number of hydrogen-bond acceptors (Lipinski definition) is 2. The standard InChI is InChI=1S/C25H37FN2O/c1-3-4-5-6-18(2)24-12-19-11-23(14-24,17-26)15-25(13-19,16-24)22(29)28-21-9-7-20(27)8-10-21/h3-6,19-21H,2,7-17,27H2,1H3,(H,28,29)/b4-3-,6-5-/t19?,20?,21?,23-,24+,25?/m0/s1. The van der Waals surface area contributed by atoms with Crippen molar-refractivity contribution in [3.05, 3.63) is 36.5 Å². The number of nitrogens with one attached hydrogen (secondary N) is 1. The van der Waals surface area contributed by atoms with Gasteiger partial charge in [-0.05, 0) is 88.0 Å². The summed E-state index contributed by atoms with van der Waals surface area (Å²) in [6.07, 6.45) is 17.3. The second kappa shape index (κ2) is 7.68. The van der Waals surface area contributed by atoms with Gasteiger partial charge in [0.2, 0.25) is 5.91 Å². The van der Waals surface area contributed by atoms with E-state index >= 15 is 0 Å². The number of alkyl halides is 1. The monoisotopic (exact) mass is 400 g/mol. The summed E-state index contributed by atoms with van der Waals surface area (Å²) in [7, 11) is 0. The van der Waals surface area contributed by atoms with Crippen LogP contribution in [0.4, 0.5) is 4.39 Å². The fourth-order valence-corrected chi connectivity index (χ4v) is 7.46. The lowest BCUT2D eigenvalue weighted by Crippen LogP contribution is -2.63. The first-order valence-corrected chi connectivity index (χ1v) is 11.5. The van der Waals surface area contributed by atoms with Crippen LogP contribution in [0, 0.1) is 22.2 Å². The van der Waals surface area contributed by atoms with Gasteiger partial charge in [0.15, 0.2) is 0 Å². The number of halogens is 1. The Hall–Kier alpha value is -1.42. The van der Waals surface area contributed by atoms with E-state index in [-0.39, 0.29) is 35.5 Å². The third-order valence-corrected chi connectivity index (χ3v) is 8.34. The van der Waals surface area contributed by atoms with Gasteiger partial charge in [-0.25, -0.2) is 0 Å². The van der Waals surface area contributed by atoms with Crippen LogP contribution >= 0.6 is 0 Å². The predicted molar refractivity (Wildman–Crippen MR) is 116 cm³/mol. The summed E-state index contributed by atoms with van der Waals surface area (Å²) in [5.41, 5.74) is 6.22. The van der Waals surface area contributed by atoms with E-state index < -0.39 is 5.41 Å². The van der Waals surface area contributed by atoms with Gasteiger partial charge in [-0.3, -0.25) is 9.18 Å². The topological polar surface area (TPSA) is 55.1 Å². The number of nitrogens with two attached hydrogens (primary N) is 1. The molecule has 0 aromatic carbocycles. The summed E-state index contributed by atoms with van der Waals surface area (Å²) in [6, 6.07) is 0.499. The molecule has 160 valence electrons. The Morgan fingerprint density at radius 1 is 1.10 bits per heavy atom. The Bertz CT molecular complexity index is 722. The highest BCUT2D eigenvalue weighted by atomic mass is 19.1. The van der Waals surface area contributed by atoms with E-state index in [2.05, 4.69) is 18.0 Å². The molecule has 4 bridgehead atoms. The molecule has 5 rings (SSSR count). The van der Waals surface area contributed by atoms with Gasteiger partial charge in [0.25, 0.3) is 0 Å². The van der Waals surface area contributed by atoms with Crippen molar-refractivity contribution in [2.24, 2.45) is 27.9 Å². The summed E-state index contributed by atoms with van der Waals surface area (Å²) < 4.78 is 14.4. The van der Waals surface area contributed by atoms with E-state index in [1.807, 2.05) is 25.2 Å². The molecule has 0 spiro atoms. The maximum Gasteiger partial charge on any atom is 0.226 e. The summed E-state index contributed by atoms with van der Waals surface area (Å²) in [6.45, 7) is 6.09. The van der Waals surface area contributed by atoms with Crippen LogP contribution in [-0.4, -0.2) is 24.7 Å². The van der Waals surface area contributed by atoms with E-state index in [0.29, 0.717) is 12.3 Å². The average Bonchev–Trinajstić information content (AvgIpc) is 2.69. The fraction of sp³-hybridized carbons (Fsp3) is 0.720. The molecule has 5 saturated carbocycles. The number of amides is 1. The Morgan fingerprint density at radius 2 is 1.79 bits per heavy atom. The second-order valence-electron chi connectivity index (χ2n) is 10.7. The average molecular weight is 401 g/mol. The van der Waals surface area contributed by atoms with Crippen molar-refractivity contribution < 1.29 is 9.18 Å². The van der Waals surface area contributed by atoms with Crippen molar-refractivity contribution in [3.8, 4) is 0 Å². The SMILES string of the molecule is C=C(/C=C\C=C/C)[C@]12CC3CC(C(=O)NC4CCC(N)CC4)(C[C@](CF)(C3)C1)C2. The molecule has 0 aromatic rings. The molecular formula is C25H37FN2O. The van der Waals surface area contributed by atoms with Gasteiger partial charge in [0.1, 0.15) is 0 Å². The molecule has 0 aromatic heterocycles. The number of hydrogen-bond donors (Lipinski definition) is 2. The lowest BCUT2D eigenvalue weighted by atomic mass is 9.38. The number of rotatable bonds is 6. The highest BCUT2D eigenvalue weighted by Crippen LogP contribution is 2.71. The lowest BCUT2D eigenvalue weighted by Gasteiger charge is -2.66. The smallest absolute Gasteiger partial charge is 0.226 e. The zero-order chi connectivity index (χ0) is 20.7. The van der Waals surface area contributed by atoms with Gasteiger partial charge < -0.3 is 11.1 Å². The van der Waals surface area contributed by atoms with Crippen molar-refractivity contribution in [1.29, 1.82) is 0 Å². The molecular weight excluding hydrogens is 363 g/mol. The Kier molecular flexibility index (Phi) is 5.52. The van der Waals surface area contributed by atoms with Crippen molar-refractivity contribution in [3.63, 3.8) is 0 Å². The second-order valence-corrected chi connectivity index (χ2v) is 10.7. The molecule has 0 radical (unpaired) electrons. The minimum absolute atomic E-state index is 0.129. The lowest BCUT2D eigenvalue weighted by molar-refractivity contribution is -0.172. The van der Waals surface area contributed by atoms with Gasteiger partial charge in [-0.15, -0.1) is 0 Å². The van der Waals surface area contributed by atoms with Crippen LogP contribution in [0.25, 0.3) is 0 Å². The van der Waals surface area contributed by atoms with Gasteiger partial charge >= 0.3 is 0 Å². The summed E-state index contributed by atoms with van der Waals surface area (Å²) in [4.78, 5) is 13.6. The molecule has 5 aliphatic rings. The molecule has 4 atom stereocenters. The Balaban J connectivity index is 1.58. The van der Waals surface area contributed by atoms with Gasteiger partial charge in [-0.2, -0.15) is 0 Å². The summed E-state index contributed by atoms with van der Waals surface area (Å²) >= 11 is 0. The van der Waals surface area contributed by atoms with Crippen LogP contribution in [0.15, 0.2) is 36.5 Å². The Labute approximate surface area is 175 Å². The molecule has 29 heavy (non-hydrogen) atoms. The van der Waals surface area contributed by atoms with E-state index in [0.717, 1.165) is 63.4 Å². The van der Waals surface area contributed by atoms with E-state index in [1.54, 1.807) is 0 Å². The van der Waals surface area contributed by atoms with Crippen LogP contribution in [0.1, 0.15) is 71.1 Å². The van der Waals surface area contributed by atoms with Crippen molar-refractivity contribution in [2.75, 3.05) is 6.67 Å². The first kappa shape index (κ1) is 20.8. The number of allylic oxidation sites excluding steroid dienone is 5. The third-order valence-electron chi connectivity index (χ3n) is 8.34. The summed E-state index contributed by atoms with van der Waals surface area (Å²) in [5.74, 6) is 0.605. The zero-order valence-electron chi connectivity index (χ0n) is 17.9. The largest absolute Gasteiger partial charge is 0.353 e. The minimum Gasteiger partial charge on any atom is -0.353 e. The van der Waals surface area contributed by atoms with Crippen LogP contribution in [0.2, 0.25) is 0 Å². The first-order chi connectivity index (χ1) is 13.8. The molecule has 0 aliphatic heterocycles. The normalized spacial score (nSPS) is 43.9. The maximum absolute atomic E-state index is 14.4. The van der Waals surface area contributed by atoms with Crippen molar-refractivity contribution in [2.45, 2.75) is 83.2 Å². The fourth-order valence-electron chi connectivity index (χ4n) is 7.46. The molecule has 0 heterocycles. The van der Waals surface area contributed by atoms with Crippen LogP contribution in [0.5, 0.6) is 0 Å². The quantitative estimate of drug-likeness (QED) is 0.617. The van der Waals surface area contributed by atoms with Crippen LogP contribution in [-0.2, 0) is 4.79 Å². The first-order valence-electron chi connectivity index (χ1n) is 11.5. The van der Waals surface area contributed by atoms with Gasteiger partial charge in [-0.1, -0.05) is 30.9 Å². The third kappa shape index (κ3) is 3.73. The molecule has 4 heteroatoms. The highest BCUT2D eigenvalue weighted by Gasteiger charge is 2.66. The van der Waals surface area contributed by atoms with E-state index in [1.165, 1.54) is 0 Å². The summed E-state index contributed by atoms with van der Waals surface area (Å²) in [5, 5.41) is 3.37. The van der Waals surface area contributed by atoms with E-state index in [4.69, 9.17) is 5.73 Å². The molecule has 3 nitrogen and oxygen atoms in total. The number of carbonyl (C=O) groups is 1. The van der Waals surface area contributed by atoms with Crippen LogP contribution < -0.4 is 11.1 Å². The van der Waals surface area contributed by atoms with Crippen molar-refractivity contribution in [1.82, 2.24) is 5.32 Å². The molecule has 1 amide bonds. The molecule has 5 fully saturated rings. The maximum atomic E-state index is 14.4.